The lowest BCUT2D eigenvalue weighted by atomic mass is 9.82. The molecule has 17 heavy (non-hydrogen) atoms. The molecule has 1 aromatic rings. The number of aromatic nitrogens is 2. The van der Waals surface area contributed by atoms with Crippen molar-refractivity contribution in [2.75, 3.05) is 18.5 Å². The van der Waals surface area contributed by atoms with Gasteiger partial charge >= 0.3 is 5.97 Å². The zero-order valence-corrected chi connectivity index (χ0v) is 9.58. The molecule has 2 rings (SSSR count). The Morgan fingerprint density at radius 3 is 2.65 bits per heavy atom. The van der Waals surface area contributed by atoms with Crippen LogP contribution in [0.5, 0.6) is 0 Å². The molecule has 1 aliphatic rings. The first-order valence-corrected chi connectivity index (χ1v) is 5.52. The van der Waals surface area contributed by atoms with Crippen molar-refractivity contribution in [3.05, 3.63) is 17.8 Å². The van der Waals surface area contributed by atoms with E-state index in [0.717, 1.165) is 19.4 Å². The van der Waals surface area contributed by atoms with Crippen molar-refractivity contribution >= 4 is 11.8 Å². The molecule has 1 fully saturated rings. The highest BCUT2D eigenvalue weighted by Gasteiger charge is 2.28. The van der Waals surface area contributed by atoms with Gasteiger partial charge in [-0.25, -0.2) is 4.79 Å². The van der Waals surface area contributed by atoms with Gasteiger partial charge in [0.2, 0.25) is 0 Å². The summed E-state index contributed by atoms with van der Waals surface area (Å²) >= 11 is 0. The van der Waals surface area contributed by atoms with Crippen molar-refractivity contribution in [3.63, 3.8) is 0 Å². The van der Waals surface area contributed by atoms with E-state index in [2.05, 4.69) is 10.2 Å². The van der Waals surface area contributed by atoms with Gasteiger partial charge in [-0.15, -0.1) is 10.2 Å². The number of carboxylic acid groups (broad SMARTS) is 1. The van der Waals surface area contributed by atoms with Crippen LogP contribution in [-0.4, -0.2) is 46.1 Å². The van der Waals surface area contributed by atoms with Gasteiger partial charge in [0.25, 0.3) is 0 Å². The Hall–Kier alpha value is -1.69. The summed E-state index contributed by atoms with van der Waals surface area (Å²) in [5, 5.41) is 25.4. The SMILES string of the molecule is CN(CC1CC(O)C1)c1ccc(C(=O)O)nn1. The van der Waals surface area contributed by atoms with Gasteiger partial charge in [-0.05, 0) is 30.9 Å². The molecular formula is C11H15N3O3. The predicted molar refractivity (Wildman–Crippen MR) is 61.0 cm³/mol. The summed E-state index contributed by atoms with van der Waals surface area (Å²) in [6.07, 6.45) is 1.49. The van der Waals surface area contributed by atoms with E-state index in [1.807, 2.05) is 11.9 Å². The summed E-state index contributed by atoms with van der Waals surface area (Å²) in [6, 6.07) is 3.09. The molecular weight excluding hydrogens is 222 g/mol. The number of aliphatic hydroxyl groups is 1. The minimum atomic E-state index is -1.08. The first-order valence-electron chi connectivity index (χ1n) is 5.52. The van der Waals surface area contributed by atoms with Gasteiger partial charge in [0.15, 0.2) is 11.5 Å². The van der Waals surface area contributed by atoms with Crippen LogP contribution in [0.1, 0.15) is 23.3 Å². The zero-order chi connectivity index (χ0) is 12.4. The molecule has 1 aliphatic carbocycles. The molecule has 0 aromatic carbocycles. The summed E-state index contributed by atoms with van der Waals surface area (Å²) in [5.74, 6) is 0.0566. The summed E-state index contributed by atoms with van der Waals surface area (Å²) in [7, 11) is 1.88. The van der Waals surface area contributed by atoms with Crippen molar-refractivity contribution in [2.45, 2.75) is 18.9 Å². The van der Waals surface area contributed by atoms with E-state index in [9.17, 15) is 9.90 Å². The zero-order valence-electron chi connectivity index (χ0n) is 9.58. The van der Waals surface area contributed by atoms with Crippen LogP contribution in [0.3, 0.4) is 0 Å². The maximum Gasteiger partial charge on any atom is 0.356 e. The third-order valence-corrected chi connectivity index (χ3v) is 3.00. The second-order valence-corrected chi connectivity index (χ2v) is 4.45. The number of nitrogens with zero attached hydrogens (tertiary/aromatic N) is 3. The van der Waals surface area contributed by atoms with Crippen molar-refractivity contribution in [1.29, 1.82) is 0 Å². The Labute approximate surface area is 98.9 Å². The molecule has 1 aromatic heterocycles. The highest BCUT2D eigenvalue weighted by Crippen LogP contribution is 2.28. The second kappa shape index (κ2) is 4.67. The molecule has 0 aliphatic heterocycles. The highest BCUT2D eigenvalue weighted by molar-refractivity contribution is 5.85. The number of aliphatic hydroxyl groups excluding tert-OH is 1. The van der Waals surface area contributed by atoms with Crippen LogP contribution in [-0.2, 0) is 0 Å². The van der Waals surface area contributed by atoms with Crippen LogP contribution in [0.4, 0.5) is 5.82 Å². The Bertz CT molecular complexity index is 401. The molecule has 0 atom stereocenters. The maximum atomic E-state index is 10.6. The lowest BCUT2D eigenvalue weighted by molar-refractivity contribution is 0.0464. The van der Waals surface area contributed by atoms with Crippen molar-refractivity contribution in [2.24, 2.45) is 5.92 Å². The van der Waals surface area contributed by atoms with E-state index >= 15 is 0 Å². The van der Waals surface area contributed by atoms with E-state index in [1.54, 1.807) is 6.07 Å². The quantitative estimate of drug-likeness (QED) is 0.787. The van der Waals surface area contributed by atoms with Crippen LogP contribution in [0.15, 0.2) is 12.1 Å². The van der Waals surface area contributed by atoms with Gasteiger partial charge < -0.3 is 15.1 Å². The molecule has 92 valence electrons. The summed E-state index contributed by atoms with van der Waals surface area (Å²) in [5.41, 5.74) is -0.0544. The van der Waals surface area contributed by atoms with E-state index in [-0.39, 0.29) is 11.8 Å². The molecule has 0 spiro atoms. The van der Waals surface area contributed by atoms with Crippen LogP contribution in [0.25, 0.3) is 0 Å². The fourth-order valence-electron chi connectivity index (χ4n) is 1.97. The fraction of sp³-hybridized carbons (Fsp3) is 0.545. The predicted octanol–water partition coefficient (Wildman–Crippen LogP) is 0.382. The monoisotopic (exact) mass is 237 g/mol. The summed E-state index contributed by atoms with van der Waals surface area (Å²) < 4.78 is 0. The Morgan fingerprint density at radius 1 is 1.47 bits per heavy atom. The smallest absolute Gasteiger partial charge is 0.356 e. The minimum Gasteiger partial charge on any atom is -0.476 e. The molecule has 0 amide bonds. The number of hydrogen-bond donors (Lipinski definition) is 2. The van der Waals surface area contributed by atoms with Crippen LogP contribution in [0.2, 0.25) is 0 Å². The van der Waals surface area contributed by atoms with E-state index < -0.39 is 5.97 Å². The van der Waals surface area contributed by atoms with Gasteiger partial charge in [-0.1, -0.05) is 0 Å². The molecule has 6 nitrogen and oxygen atoms in total. The van der Waals surface area contributed by atoms with Gasteiger partial charge in [0.05, 0.1) is 6.10 Å². The van der Waals surface area contributed by atoms with Crippen molar-refractivity contribution in [1.82, 2.24) is 10.2 Å². The Morgan fingerprint density at radius 2 is 2.18 bits per heavy atom. The van der Waals surface area contributed by atoms with Crippen molar-refractivity contribution in [3.8, 4) is 0 Å². The van der Waals surface area contributed by atoms with Crippen LogP contribution >= 0.6 is 0 Å². The van der Waals surface area contributed by atoms with Gasteiger partial charge in [-0.3, -0.25) is 0 Å². The minimum absolute atomic E-state index is 0.0544. The van der Waals surface area contributed by atoms with Crippen molar-refractivity contribution < 1.29 is 15.0 Å². The number of rotatable bonds is 4. The maximum absolute atomic E-state index is 10.6. The third-order valence-electron chi connectivity index (χ3n) is 3.00. The lowest BCUT2D eigenvalue weighted by Gasteiger charge is -2.34. The summed E-state index contributed by atoms with van der Waals surface area (Å²) in [6.45, 7) is 0.804. The Balaban J connectivity index is 1.94. The molecule has 1 heterocycles. The average Bonchev–Trinajstić information content (AvgIpc) is 2.27. The number of anilines is 1. The first-order chi connectivity index (χ1) is 8.06. The van der Waals surface area contributed by atoms with Gasteiger partial charge in [0, 0.05) is 13.6 Å². The average molecular weight is 237 g/mol. The molecule has 6 heteroatoms. The molecule has 0 radical (unpaired) electrons. The third kappa shape index (κ3) is 2.71. The van der Waals surface area contributed by atoms with Gasteiger partial charge in [-0.2, -0.15) is 0 Å². The molecule has 0 saturated heterocycles. The normalized spacial score (nSPS) is 22.9. The number of hydrogen-bond acceptors (Lipinski definition) is 5. The number of aromatic carboxylic acids is 1. The topological polar surface area (TPSA) is 86.5 Å². The van der Waals surface area contributed by atoms with Crippen LogP contribution in [0, 0.1) is 5.92 Å². The molecule has 0 unspecified atom stereocenters. The Kier molecular flexibility index (Phi) is 3.23. The lowest BCUT2D eigenvalue weighted by Crippen LogP contribution is -2.37. The van der Waals surface area contributed by atoms with Gasteiger partial charge in [0.1, 0.15) is 0 Å². The molecule has 0 bridgehead atoms. The van der Waals surface area contributed by atoms with Crippen LogP contribution < -0.4 is 4.90 Å². The summed E-state index contributed by atoms with van der Waals surface area (Å²) in [4.78, 5) is 12.5. The van der Waals surface area contributed by atoms with E-state index in [1.165, 1.54) is 6.07 Å². The number of carboxylic acids is 1. The first kappa shape index (κ1) is 11.8. The van der Waals surface area contributed by atoms with E-state index in [0.29, 0.717) is 11.7 Å². The van der Waals surface area contributed by atoms with E-state index in [4.69, 9.17) is 5.11 Å². The molecule has 2 N–H and O–H groups in total. The fourth-order valence-corrected chi connectivity index (χ4v) is 1.97. The second-order valence-electron chi connectivity index (χ2n) is 4.45. The number of carbonyl (C=O) groups is 1. The standard InChI is InChI=1S/C11H15N3O3/c1-14(6-7-4-8(15)5-7)10-3-2-9(11(16)17)12-13-10/h2-3,7-8,15H,4-6H2,1H3,(H,16,17). The largest absolute Gasteiger partial charge is 0.476 e. The highest BCUT2D eigenvalue weighted by atomic mass is 16.4. The molecule has 1 saturated carbocycles.